The van der Waals surface area contributed by atoms with Crippen LogP contribution in [0.4, 0.5) is 0 Å². The van der Waals surface area contributed by atoms with Crippen molar-refractivity contribution in [1.29, 1.82) is 0 Å². The van der Waals surface area contributed by atoms with Crippen molar-refractivity contribution in [3.05, 3.63) is 112 Å². The van der Waals surface area contributed by atoms with Gasteiger partial charge in [-0.15, -0.1) is 0 Å². The summed E-state index contributed by atoms with van der Waals surface area (Å²) in [5, 5.41) is 12.4. The summed E-state index contributed by atoms with van der Waals surface area (Å²) in [4.78, 5) is 16.8. The van der Waals surface area contributed by atoms with E-state index in [4.69, 9.17) is 16.6 Å². The molecule has 184 valence electrons. The number of carbonyl (C=O) groups excluding carboxylic acids is 1. The minimum Gasteiger partial charge on any atom is -0.386 e. The number of carbonyl (C=O) groups is 1. The van der Waals surface area contributed by atoms with Crippen LogP contribution in [-0.4, -0.2) is 15.2 Å². The van der Waals surface area contributed by atoms with E-state index in [0.717, 1.165) is 51.7 Å². The fraction of sp³-hybridized carbons (Fsp3) is 0.226. The number of pyridine rings is 1. The molecule has 1 unspecified atom stereocenters. The summed E-state index contributed by atoms with van der Waals surface area (Å²) in [6.07, 6.45) is 5.60. The molecule has 36 heavy (non-hydrogen) atoms. The van der Waals surface area contributed by atoms with Crippen molar-refractivity contribution in [2.45, 2.75) is 44.5 Å². The standard InChI is InChI=1S/C31H30ClNO2S/c1-21(34)36-30(18-14-23-8-4-5-10-28(23)31(2,3)35)25-9-6-7-22(19-25)11-16-27-17-13-24-12-15-26(32)20-29(24)33-27/h4-13,15-17,19-20,30,35H,14,18H2,1-3H3/b16-11+. The van der Waals surface area contributed by atoms with Crippen LogP contribution >= 0.6 is 23.4 Å². The van der Waals surface area contributed by atoms with Gasteiger partial charge >= 0.3 is 0 Å². The fourth-order valence-electron chi connectivity index (χ4n) is 4.36. The molecule has 1 aromatic heterocycles. The molecule has 0 aliphatic rings. The second kappa shape index (κ2) is 11.4. The van der Waals surface area contributed by atoms with Gasteiger partial charge in [-0.25, -0.2) is 4.98 Å². The molecule has 1 atom stereocenters. The van der Waals surface area contributed by atoms with E-state index < -0.39 is 5.60 Å². The van der Waals surface area contributed by atoms with Crippen LogP contribution in [0, 0.1) is 0 Å². The Kier molecular flexibility index (Phi) is 8.30. The monoisotopic (exact) mass is 515 g/mol. The molecule has 3 aromatic carbocycles. The van der Waals surface area contributed by atoms with Crippen LogP contribution in [0.5, 0.6) is 0 Å². The second-order valence-electron chi connectivity index (χ2n) is 9.43. The smallest absolute Gasteiger partial charge is 0.186 e. The summed E-state index contributed by atoms with van der Waals surface area (Å²) >= 11 is 7.49. The minimum atomic E-state index is -0.910. The van der Waals surface area contributed by atoms with Crippen molar-refractivity contribution in [2.75, 3.05) is 0 Å². The zero-order chi connectivity index (χ0) is 25.7. The molecule has 5 heteroatoms. The van der Waals surface area contributed by atoms with Gasteiger partial charge in [-0.3, -0.25) is 4.79 Å². The third-order valence-corrected chi connectivity index (χ3v) is 7.42. The van der Waals surface area contributed by atoms with Gasteiger partial charge in [0.05, 0.1) is 16.8 Å². The number of aliphatic hydroxyl groups is 1. The first kappa shape index (κ1) is 26.2. The van der Waals surface area contributed by atoms with Crippen molar-refractivity contribution < 1.29 is 9.90 Å². The number of thioether (sulfide) groups is 1. The van der Waals surface area contributed by atoms with Crippen LogP contribution in [0.15, 0.2) is 78.9 Å². The Balaban J connectivity index is 1.55. The lowest BCUT2D eigenvalue weighted by Crippen LogP contribution is -2.18. The van der Waals surface area contributed by atoms with Crippen molar-refractivity contribution in [3.8, 4) is 0 Å². The Labute approximate surface area is 222 Å². The molecule has 1 N–H and O–H groups in total. The van der Waals surface area contributed by atoms with Gasteiger partial charge in [0.1, 0.15) is 0 Å². The number of fused-ring (bicyclic) bond motifs is 1. The number of rotatable bonds is 8. The predicted octanol–water partition coefficient (Wildman–Crippen LogP) is 8.24. The summed E-state index contributed by atoms with van der Waals surface area (Å²) < 4.78 is 0. The minimum absolute atomic E-state index is 0.0200. The Morgan fingerprint density at radius 1 is 1.03 bits per heavy atom. The summed E-state index contributed by atoms with van der Waals surface area (Å²) in [6.45, 7) is 5.23. The molecule has 0 fully saturated rings. The van der Waals surface area contributed by atoms with E-state index in [9.17, 15) is 9.90 Å². The molecule has 3 nitrogen and oxygen atoms in total. The van der Waals surface area contributed by atoms with Crippen LogP contribution in [0.2, 0.25) is 5.02 Å². The molecule has 0 saturated heterocycles. The predicted molar refractivity (Wildman–Crippen MR) is 153 cm³/mol. The first-order valence-electron chi connectivity index (χ1n) is 12.0. The van der Waals surface area contributed by atoms with Gasteiger partial charge < -0.3 is 5.11 Å². The highest BCUT2D eigenvalue weighted by atomic mass is 35.5. The molecule has 0 aliphatic carbocycles. The van der Waals surface area contributed by atoms with E-state index in [-0.39, 0.29) is 10.4 Å². The molecule has 0 bridgehead atoms. The maximum absolute atomic E-state index is 12.1. The van der Waals surface area contributed by atoms with Crippen molar-refractivity contribution in [2.24, 2.45) is 0 Å². The quantitative estimate of drug-likeness (QED) is 0.256. The number of benzene rings is 3. The number of hydrogen-bond donors (Lipinski definition) is 1. The molecule has 4 rings (SSSR count). The molecule has 1 heterocycles. The van der Waals surface area contributed by atoms with Gasteiger partial charge in [0.15, 0.2) is 5.12 Å². The highest BCUT2D eigenvalue weighted by molar-refractivity contribution is 8.13. The summed E-state index contributed by atoms with van der Waals surface area (Å²) in [6, 6.07) is 26.0. The van der Waals surface area contributed by atoms with Crippen LogP contribution in [0.1, 0.15) is 60.4 Å². The van der Waals surface area contributed by atoms with E-state index in [0.29, 0.717) is 5.02 Å². The van der Waals surface area contributed by atoms with Gasteiger partial charge in [-0.2, -0.15) is 0 Å². The number of hydrogen-bond acceptors (Lipinski definition) is 4. The third-order valence-electron chi connectivity index (χ3n) is 6.07. The largest absolute Gasteiger partial charge is 0.386 e. The topological polar surface area (TPSA) is 50.2 Å². The number of halogens is 1. The first-order valence-corrected chi connectivity index (χ1v) is 13.3. The average molecular weight is 516 g/mol. The molecule has 0 spiro atoms. The average Bonchev–Trinajstić information content (AvgIpc) is 2.84. The van der Waals surface area contributed by atoms with Crippen LogP contribution in [-0.2, 0) is 16.8 Å². The van der Waals surface area contributed by atoms with E-state index in [1.165, 1.54) is 11.8 Å². The van der Waals surface area contributed by atoms with E-state index in [1.807, 2.05) is 80.6 Å². The van der Waals surface area contributed by atoms with Crippen molar-refractivity contribution in [1.82, 2.24) is 4.98 Å². The normalized spacial score (nSPS) is 12.8. The van der Waals surface area contributed by atoms with Gasteiger partial charge in [-0.05, 0) is 73.2 Å². The van der Waals surface area contributed by atoms with Gasteiger partial charge in [0, 0.05) is 22.6 Å². The van der Waals surface area contributed by atoms with Crippen molar-refractivity contribution >= 4 is 51.5 Å². The number of nitrogens with zero attached hydrogens (tertiary/aromatic N) is 1. The molecular weight excluding hydrogens is 486 g/mol. The van der Waals surface area contributed by atoms with Gasteiger partial charge in [0.2, 0.25) is 0 Å². The van der Waals surface area contributed by atoms with Crippen LogP contribution < -0.4 is 0 Å². The molecular formula is C31H30ClNO2S. The summed E-state index contributed by atoms with van der Waals surface area (Å²) in [5.74, 6) is 0. The van der Waals surface area contributed by atoms with E-state index in [2.05, 4.69) is 24.3 Å². The maximum Gasteiger partial charge on any atom is 0.186 e. The Hall–Kier alpha value is -2.92. The first-order chi connectivity index (χ1) is 17.2. The van der Waals surface area contributed by atoms with E-state index >= 15 is 0 Å². The Morgan fingerprint density at radius 3 is 2.58 bits per heavy atom. The molecule has 0 amide bonds. The summed E-state index contributed by atoms with van der Waals surface area (Å²) in [5.41, 5.74) is 5.00. The van der Waals surface area contributed by atoms with Crippen LogP contribution in [0.25, 0.3) is 23.1 Å². The van der Waals surface area contributed by atoms with Gasteiger partial charge in [0.25, 0.3) is 0 Å². The number of aryl methyl sites for hydroxylation is 1. The Bertz CT molecular complexity index is 1410. The highest BCUT2D eigenvalue weighted by Crippen LogP contribution is 2.36. The second-order valence-corrected chi connectivity index (χ2v) is 11.2. The molecule has 0 radical (unpaired) electrons. The zero-order valence-corrected chi connectivity index (χ0v) is 22.3. The zero-order valence-electron chi connectivity index (χ0n) is 20.7. The Morgan fingerprint density at radius 2 is 1.81 bits per heavy atom. The lowest BCUT2D eigenvalue weighted by atomic mass is 9.90. The highest BCUT2D eigenvalue weighted by Gasteiger charge is 2.21. The van der Waals surface area contributed by atoms with E-state index in [1.54, 1.807) is 6.92 Å². The summed E-state index contributed by atoms with van der Waals surface area (Å²) in [7, 11) is 0. The molecule has 0 aliphatic heterocycles. The van der Waals surface area contributed by atoms with Crippen molar-refractivity contribution in [3.63, 3.8) is 0 Å². The third kappa shape index (κ3) is 6.85. The molecule has 4 aromatic rings. The number of aromatic nitrogens is 1. The fourth-order valence-corrected chi connectivity index (χ4v) is 5.44. The lowest BCUT2D eigenvalue weighted by Gasteiger charge is -2.23. The SMILES string of the molecule is CC(=O)SC(CCc1ccccc1C(C)(C)O)c1cccc(/C=C/c2ccc3ccc(Cl)cc3n2)c1. The van der Waals surface area contributed by atoms with Crippen LogP contribution in [0.3, 0.4) is 0 Å². The lowest BCUT2D eigenvalue weighted by molar-refractivity contribution is -0.109. The molecule has 0 saturated carbocycles. The van der Waals surface area contributed by atoms with Gasteiger partial charge in [-0.1, -0.05) is 90.1 Å². The maximum atomic E-state index is 12.1.